The number of aromatic nitrogens is 1. The molecule has 2 aromatic carbocycles. The van der Waals surface area contributed by atoms with Gasteiger partial charge in [0.05, 0.1) is 0 Å². The highest BCUT2D eigenvalue weighted by Crippen LogP contribution is 2.34. The molecule has 7 nitrogen and oxygen atoms in total. The fourth-order valence-corrected chi connectivity index (χ4v) is 8.25. The van der Waals surface area contributed by atoms with Crippen LogP contribution in [0.2, 0.25) is 5.02 Å². The van der Waals surface area contributed by atoms with Crippen LogP contribution in [0.5, 0.6) is 0 Å². The molecule has 2 aromatic heterocycles. The maximum Gasteiger partial charge on any atom is 0.253 e. The van der Waals surface area contributed by atoms with Gasteiger partial charge in [-0.3, -0.25) is 4.79 Å². The van der Waals surface area contributed by atoms with Gasteiger partial charge in [-0.1, -0.05) is 23.7 Å². The van der Waals surface area contributed by atoms with E-state index in [-0.39, 0.29) is 23.2 Å². The first kappa shape index (κ1) is 23.4. The molecule has 1 aliphatic carbocycles. The van der Waals surface area contributed by atoms with E-state index in [0.29, 0.717) is 23.7 Å². The first-order chi connectivity index (χ1) is 17.3. The monoisotopic (exact) mass is 539 g/mol. The molecule has 1 saturated heterocycles. The molecule has 4 aromatic rings. The fraction of sp³-hybridized carbons (Fsp3) is 0.231. The lowest BCUT2D eigenvalue weighted by atomic mass is 9.86. The molecule has 0 atom stereocenters. The molecular formula is C26H22ClN3O4S2. The predicted molar refractivity (Wildman–Crippen MR) is 140 cm³/mol. The number of nitrogens with zero attached hydrogens (tertiary/aromatic N) is 3. The SMILES string of the molecule is O=C(c1ccc2c(c1)CCc1c[n+]([O-])ccc1-2)N1CCN(S(=O)(=O)c2cc3ccc(Cl)cc3s2)CC1. The molecule has 2 aliphatic rings. The summed E-state index contributed by atoms with van der Waals surface area (Å²) in [5.41, 5.74) is 4.78. The Kier molecular flexibility index (Phi) is 5.75. The highest BCUT2D eigenvalue weighted by Gasteiger charge is 2.32. The van der Waals surface area contributed by atoms with Crippen molar-refractivity contribution in [1.29, 1.82) is 0 Å². The van der Waals surface area contributed by atoms with Crippen molar-refractivity contribution in [2.45, 2.75) is 17.1 Å². The summed E-state index contributed by atoms with van der Waals surface area (Å²) >= 11 is 7.26. The van der Waals surface area contributed by atoms with Crippen LogP contribution in [-0.2, 0) is 22.9 Å². The van der Waals surface area contributed by atoms with E-state index in [9.17, 15) is 18.4 Å². The molecule has 0 spiro atoms. The van der Waals surface area contributed by atoms with Crippen LogP contribution in [0.3, 0.4) is 0 Å². The highest BCUT2D eigenvalue weighted by atomic mass is 35.5. The summed E-state index contributed by atoms with van der Waals surface area (Å²) in [5.74, 6) is -0.0948. The summed E-state index contributed by atoms with van der Waals surface area (Å²) in [6, 6.07) is 14.6. The van der Waals surface area contributed by atoms with Crippen molar-refractivity contribution in [3.63, 3.8) is 0 Å². The Labute approximate surface area is 217 Å². The summed E-state index contributed by atoms with van der Waals surface area (Å²) in [6.45, 7) is 1.16. The lowest BCUT2D eigenvalue weighted by Crippen LogP contribution is -2.50. The Morgan fingerprint density at radius 3 is 2.50 bits per heavy atom. The first-order valence-corrected chi connectivity index (χ1v) is 14.3. The number of hydrogen-bond acceptors (Lipinski definition) is 5. The van der Waals surface area contributed by atoms with Gasteiger partial charge in [-0.15, -0.1) is 11.3 Å². The number of piperazine rings is 1. The summed E-state index contributed by atoms with van der Waals surface area (Å²) in [7, 11) is -3.65. The number of carbonyl (C=O) groups is 1. The number of amides is 1. The van der Waals surface area contributed by atoms with Crippen LogP contribution in [0.15, 0.2) is 65.1 Å². The van der Waals surface area contributed by atoms with Gasteiger partial charge < -0.3 is 10.1 Å². The number of pyridine rings is 1. The quantitative estimate of drug-likeness (QED) is 0.290. The third kappa shape index (κ3) is 4.06. The van der Waals surface area contributed by atoms with Crippen LogP contribution in [0.1, 0.15) is 21.5 Å². The molecule has 10 heteroatoms. The molecule has 6 rings (SSSR count). The average Bonchev–Trinajstić information content (AvgIpc) is 3.32. The zero-order valence-electron chi connectivity index (χ0n) is 19.2. The average molecular weight is 540 g/mol. The molecule has 36 heavy (non-hydrogen) atoms. The number of halogens is 1. The molecule has 0 saturated carbocycles. The Bertz CT molecular complexity index is 1630. The van der Waals surface area contributed by atoms with E-state index < -0.39 is 10.0 Å². The standard InChI is InChI=1S/C26H22ClN3O4S2/c27-21-5-3-18-14-25(35-24(18)15-21)36(33,34)30-11-9-28(10-12-30)26(31)19-4-6-22-17(13-19)1-2-20-16-29(32)8-7-23(20)22/h3-8,13-16H,1-2,9-12H2. The van der Waals surface area contributed by atoms with Gasteiger partial charge in [0, 0.05) is 53.1 Å². The van der Waals surface area contributed by atoms with Gasteiger partial charge in [0.25, 0.3) is 15.9 Å². The van der Waals surface area contributed by atoms with Crippen molar-refractivity contribution >= 4 is 49.0 Å². The number of rotatable bonds is 3. The number of hydrogen-bond donors (Lipinski definition) is 0. The Morgan fingerprint density at radius 2 is 1.69 bits per heavy atom. The predicted octanol–water partition coefficient (Wildman–Crippen LogP) is 4.10. The number of aryl methyl sites for hydroxylation is 2. The third-order valence-electron chi connectivity index (χ3n) is 6.90. The van der Waals surface area contributed by atoms with Crippen LogP contribution in [-0.4, -0.2) is 49.7 Å². The van der Waals surface area contributed by atoms with Crippen LogP contribution in [0.4, 0.5) is 0 Å². The van der Waals surface area contributed by atoms with Crippen LogP contribution in [0, 0.1) is 5.21 Å². The summed E-state index contributed by atoms with van der Waals surface area (Å²) in [4.78, 5) is 15.0. The topological polar surface area (TPSA) is 84.6 Å². The Morgan fingerprint density at radius 1 is 0.944 bits per heavy atom. The minimum Gasteiger partial charge on any atom is -0.619 e. The number of sulfonamides is 1. The first-order valence-electron chi connectivity index (χ1n) is 11.6. The van der Waals surface area contributed by atoms with E-state index in [1.165, 1.54) is 21.8 Å². The second-order valence-corrected chi connectivity index (χ2v) is 12.7. The van der Waals surface area contributed by atoms with Crippen LogP contribution in [0.25, 0.3) is 21.2 Å². The molecule has 0 N–H and O–H groups in total. The molecule has 0 bridgehead atoms. The molecule has 1 aliphatic heterocycles. The fourth-order valence-electron chi connectivity index (χ4n) is 5.00. The lowest BCUT2D eigenvalue weighted by Gasteiger charge is -2.34. The second-order valence-electron chi connectivity index (χ2n) is 9.06. The van der Waals surface area contributed by atoms with Crippen molar-refractivity contribution in [2.24, 2.45) is 0 Å². The molecule has 184 valence electrons. The zero-order chi connectivity index (χ0) is 25.0. The van der Waals surface area contributed by atoms with Crippen LogP contribution >= 0.6 is 22.9 Å². The number of benzene rings is 2. The van der Waals surface area contributed by atoms with E-state index in [2.05, 4.69) is 0 Å². The van der Waals surface area contributed by atoms with Gasteiger partial charge in [0.15, 0.2) is 12.4 Å². The Balaban J connectivity index is 1.17. The van der Waals surface area contributed by atoms with Crippen molar-refractivity contribution in [3.8, 4) is 11.1 Å². The van der Waals surface area contributed by atoms with Crippen molar-refractivity contribution in [3.05, 3.63) is 87.8 Å². The molecule has 1 amide bonds. The van der Waals surface area contributed by atoms with Gasteiger partial charge in [-0.25, -0.2) is 8.42 Å². The van der Waals surface area contributed by atoms with Crippen molar-refractivity contribution in [1.82, 2.24) is 9.21 Å². The smallest absolute Gasteiger partial charge is 0.253 e. The minimum absolute atomic E-state index is 0.0948. The third-order valence-corrected chi connectivity index (χ3v) is 10.6. The maximum absolute atomic E-state index is 13.3. The summed E-state index contributed by atoms with van der Waals surface area (Å²) in [6.07, 6.45) is 4.62. The van der Waals surface area contributed by atoms with Crippen LogP contribution < -0.4 is 4.73 Å². The van der Waals surface area contributed by atoms with E-state index in [4.69, 9.17) is 11.6 Å². The highest BCUT2D eigenvalue weighted by molar-refractivity contribution is 7.91. The molecule has 0 unspecified atom stereocenters. The van der Waals surface area contributed by atoms with Gasteiger partial charge >= 0.3 is 0 Å². The largest absolute Gasteiger partial charge is 0.619 e. The van der Waals surface area contributed by atoms with Gasteiger partial charge in [0.2, 0.25) is 0 Å². The number of thiophene rings is 1. The second kappa shape index (κ2) is 8.85. The molecule has 1 fully saturated rings. The normalized spacial score (nSPS) is 16.1. The van der Waals surface area contributed by atoms with Gasteiger partial charge in [-0.2, -0.15) is 9.04 Å². The van der Waals surface area contributed by atoms with E-state index >= 15 is 0 Å². The molecule has 0 radical (unpaired) electrons. The zero-order valence-corrected chi connectivity index (χ0v) is 21.6. The number of carbonyl (C=O) groups excluding carboxylic acids is 1. The summed E-state index contributed by atoms with van der Waals surface area (Å²) in [5, 5.41) is 13.0. The molecule has 3 heterocycles. The maximum atomic E-state index is 13.3. The molecular weight excluding hydrogens is 518 g/mol. The van der Waals surface area contributed by atoms with E-state index in [0.717, 1.165) is 49.9 Å². The minimum atomic E-state index is -3.65. The summed E-state index contributed by atoms with van der Waals surface area (Å²) < 4.78 is 29.9. The van der Waals surface area contributed by atoms with Crippen molar-refractivity contribution in [2.75, 3.05) is 26.2 Å². The van der Waals surface area contributed by atoms with E-state index in [1.54, 1.807) is 29.3 Å². The lowest BCUT2D eigenvalue weighted by molar-refractivity contribution is -0.605. The Hall–Kier alpha value is -2.98. The van der Waals surface area contributed by atoms with Crippen molar-refractivity contribution < 1.29 is 17.9 Å². The number of fused-ring (bicyclic) bond motifs is 4. The van der Waals surface area contributed by atoms with Gasteiger partial charge in [0.1, 0.15) is 4.21 Å². The van der Waals surface area contributed by atoms with E-state index in [1.807, 2.05) is 30.3 Å². The van der Waals surface area contributed by atoms with Gasteiger partial charge in [-0.05, 0) is 65.3 Å².